The van der Waals surface area contributed by atoms with Crippen LogP contribution >= 0.6 is 11.6 Å². The van der Waals surface area contributed by atoms with Crippen LogP contribution in [0.5, 0.6) is 5.75 Å². The Morgan fingerprint density at radius 3 is 2.54 bits per heavy atom. The summed E-state index contributed by atoms with van der Waals surface area (Å²) in [6.07, 6.45) is 4.88. The van der Waals surface area contributed by atoms with Crippen molar-refractivity contribution in [3.05, 3.63) is 41.9 Å². The van der Waals surface area contributed by atoms with Gasteiger partial charge in [-0.3, -0.25) is 9.59 Å². The van der Waals surface area contributed by atoms with E-state index >= 15 is 0 Å². The maximum Gasteiger partial charge on any atom is 0.243 e. The number of hydrogen-bond donors (Lipinski definition) is 2. The molecule has 0 heterocycles. The van der Waals surface area contributed by atoms with Gasteiger partial charge in [0, 0.05) is 23.5 Å². The first-order valence-corrected chi connectivity index (χ1v) is 8.55. The predicted molar refractivity (Wildman–Crippen MR) is 94.1 cm³/mol. The van der Waals surface area contributed by atoms with Gasteiger partial charge in [0.25, 0.3) is 0 Å². The van der Waals surface area contributed by atoms with Crippen LogP contribution in [0.15, 0.2) is 36.9 Å². The molecule has 1 aromatic rings. The number of ether oxygens (including phenoxy) is 1. The van der Waals surface area contributed by atoms with Crippen LogP contribution < -0.4 is 15.4 Å². The van der Waals surface area contributed by atoms with Gasteiger partial charge in [0.05, 0.1) is 6.61 Å². The van der Waals surface area contributed by atoms with Gasteiger partial charge < -0.3 is 15.4 Å². The number of carbonyl (C=O) groups is 2. The van der Waals surface area contributed by atoms with Gasteiger partial charge in [-0.1, -0.05) is 18.2 Å². The van der Waals surface area contributed by atoms with Crippen molar-refractivity contribution in [3.63, 3.8) is 0 Å². The van der Waals surface area contributed by atoms with Crippen LogP contribution in [0.4, 0.5) is 0 Å². The average molecular weight is 351 g/mol. The number of halogens is 1. The SMILES string of the molecule is C=CC(=O)N[C@@H]1CC[C@H](NC(=O)CCCOc2ccc(Cl)cc2)C1. The van der Waals surface area contributed by atoms with Gasteiger partial charge in [-0.25, -0.2) is 0 Å². The van der Waals surface area contributed by atoms with E-state index in [2.05, 4.69) is 17.2 Å². The molecule has 0 spiro atoms. The van der Waals surface area contributed by atoms with Crippen LogP contribution in [0.25, 0.3) is 0 Å². The molecule has 0 unspecified atom stereocenters. The van der Waals surface area contributed by atoms with Crippen molar-refractivity contribution in [2.45, 2.75) is 44.2 Å². The zero-order valence-corrected chi connectivity index (χ0v) is 14.3. The molecule has 1 fully saturated rings. The van der Waals surface area contributed by atoms with Gasteiger partial charge in [-0.05, 0) is 56.0 Å². The van der Waals surface area contributed by atoms with Gasteiger partial charge in [0.2, 0.25) is 11.8 Å². The minimum Gasteiger partial charge on any atom is -0.494 e. The van der Waals surface area contributed by atoms with E-state index in [-0.39, 0.29) is 23.9 Å². The molecule has 130 valence electrons. The molecule has 6 heteroatoms. The topological polar surface area (TPSA) is 67.4 Å². The first-order chi connectivity index (χ1) is 11.6. The second-order valence-corrected chi connectivity index (χ2v) is 6.33. The molecule has 2 amide bonds. The average Bonchev–Trinajstić information content (AvgIpc) is 3.00. The van der Waals surface area contributed by atoms with E-state index in [9.17, 15) is 9.59 Å². The van der Waals surface area contributed by atoms with Crippen molar-refractivity contribution < 1.29 is 14.3 Å². The van der Waals surface area contributed by atoms with Gasteiger partial charge in [0.15, 0.2) is 0 Å². The van der Waals surface area contributed by atoms with Crippen molar-refractivity contribution in [1.82, 2.24) is 10.6 Å². The molecular formula is C18H23ClN2O3. The lowest BCUT2D eigenvalue weighted by Crippen LogP contribution is -2.36. The highest BCUT2D eigenvalue weighted by Crippen LogP contribution is 2.19. The molecule has 0 bridgehead atoms. The minimum absolute atomic E-state index is 0.0235. The quantitative estimate of drug-likeness (QED) is 0.559. The lowest BCUT2D eigenvalue weighted by molar-refractivity contribution is -0.122. The van der Waals surface area contributed by atoms with E-state index in [0.29, 0.717) is 24.5 Å². The second-order valence-electron chi connectivity index (χ2n) is 5.89. The molecular weight excluding hydrogens is 328 g/mol. The summed E-state index contributed by atoms with van der Waals surface area (Å²) in [5.74, 6) is 0.609. The van der Waals surface area contributed by atoms with Crippen molar-refractivity contribution >= 4 is 23.4 Å². The lowest BCUT2D eigenvalue weighted by atomic mass is 10.2. The Bertz CT molecular complexity index is 574. The fraction of sp³-hybridized carbons (Fsp3) is 0.444. The third-order valence-electron chi connectivity index (χ3n) is 3.96. The van der Waals surface area contributed by atoms with E-state index in [4.69, 9.17) is 16.3 Å². The zero-order chi connectivity index (χ0) is 17.4. The molecule has 24 heavy (non-hydrogen) atoms. The molecule has 2 rings (SSSR count). The van der Waals surface area contributed by atoms with E-state index in [1.165, 1.54) is 6.08 Å². The Morgan fingerprint density at radius 1 is 1.21 bits per heavy atom. The summed E-state index contributed by atoms with van der Waals surface area (Å²) in [5.41, 5.74) is 0. The summed E-state index contributed by atoms with van der Waals surface area (Å²) in [6, 6.07) is 7.40. The summed E-state index contributed by atoms with van der Waals surface area (Å²) < 4.78 is 5.56. The number of nitrogens with one attached hydrogen (secondary N) is 2. The fourth-order valence-corrected chi connectivity index (χ4v) is 2.88. The Hall–Kier alpha value is -2.01. The Labute approximate surface area is 147 Å². The molecule has 1 aliphatic carbocycles. The smallest absolute Gasteiger partial charge is 0.243 e. The Morgan fingerprint density at radius 2 is 1.88 bits per heavy atom. The minimum atomic E-state index is -0.161. The number of benzene rings is 1. The van der Waals surface area contributed by atoms with Crippen molar-refractivity contribution in [1.29, 1.82) is 0 Å². The fourth-order valence-electron chi connectivity index (χ4n) is 2.76. The van der Waals surface area contributed by atoms with E-state index in [1.807, 2.05) is 0 Å². The lowest BCUT2D eigenvalue weighted by Gasteiger charge is -2.14. The van der Waals surface area contributed by atoms with Gasteiger partial charge in [-0.15, -0.1) is 0 Å². The molecule has 1 aliphatic rings. The van der Waals surface area contributed by atoms with Gasteiger partial charge in [-0.2, -0.15) is 0 Å². The van der Waals surface area contributed by atoms with Crippen molar-refractivity contribution in [2.24, 2.45) is 0 Å². The monoisotopic (exact) mass is 350 g/mol. The molecule has 1 aromatic carbocycles. The Kier molecular flexibility index (Phi) is 7.12. The predicted octanol–water partition coefficient (Wildman–Crippen LogP) is 2.84. The highest BCUT2D eigenvalue weighted by Gasteiger charge is 2.26. The van der Waals surface area contributed by atoms with Crippen LogP contribution in [-0.2, 0) is 9.59 Å². The van der Waals surface area contributed by atoms with Crippen LogP contribution in [-0.4, -0.2) is 30.5 Å². The highest BCUT2D eigenvalue weighted by molar-refractivity contribution is 6.30. The summed E-state index contributed by atoms with van der Waals surface area (Å²) in [4.78, 5) is 23.2. The third-order valence-corrected chi connectivity index (χ3v) is 4.21. The number of hydrogen-bond acceptors (Lipinski definition) is 3. The molecule has 0 aliphatic heterocycles. The normalized spacial score (nSPS) is 19.5. The number of amides is 2. The van der Waals surface area contributed by atoms with Crippen LogP contribution in [0.2, 0.25) is 5.02 Å². The van der Waals surface area contributed by atoms with E-state index in [1.54, 1.807) is 24.3 Å². The van der Waals surface area contributed by atoms with Crippen LogP contribution in [0.1, 0.15) is 32.1 Å². The van der Waals surface area contributed by atoms with Crippen molar-refractivity contribution in [3.8, 4) is 5.75 Å². The van der Waals surface area contributed by atoms with Gasteiger partial charge >= 0.3 is 0 Å². The maximum atomic E-state index is 12.0. The number of carbonyl (C=O) groups excluding carboxylic acids is 2. The highest BCUT2D eigenvalue weighted by atomic mass is 35.5. The van der Waals surface area contributed by atoms with Gasteiger partial charge in [0.1, 0.15) is 5.75 Å². The molecule has 2 atom stereocenters. The molecule has 2 N–H and O–H groups in total. The van der Waals surface area contributed by atoms with E-state index in [0.717, 1.165) is 25.0 Å². The first-order valence-electron chi connectivity index (χ1n) is 8.17. The largest absolute Gasteiger partial charge is 0.494 e. The third kappa shape index (κ3) is 6.24. The molecule has 0 radical (unpaired) electrons. The van der Waals surface area contributed by atoms with E-state index < -0.39 is 0 Å². The van der Waals surface area contributed by atoms with Crippen LogP contribution in [0.3, 0.4) is 0 Å². The molecule has 0 aromatic heterocycles. The molecule has 0 saturated heterocycles. The molecule has 1 saturated carbocycles. The summed E-state index contributed by atoms with van der Waals surface area (Å²) in [7, 11) is 0. The van der Waals surface area contributed by atoms with Crippen LogP contribution in [0, 0.1) is 0 Å². The number of rotatable bonds is 8. The molecule has 5 nitrogen and oxygen atoms in total. The summed E-state index contributed by atoms with van der Waals surface area (Å²) in [6.45, 7) is 3.92. The van der Waals surface area contributed by atoms with Crippen molar-refractivity contribution in [2.75, 3.05) is 6.61 Å². The Balaban J connectivity index is 1.59. The standard InChI is InChI=1S/C18H23ClN2O3/c1-2-17(22)20-14-7-8-15(12-14)21-18(23)4-3-11-24-16-9-5-13(19)6-10-16/h2,5-6,9-10,14-15H,1,3-4,7-8,11-12H2,(H,20,22)(H,21,23)/t14-,15+/m1/s1. The first kappa shape index (κ1) is 18.3. The zero-order valence-electron chi connectivity index (χ0n) is 13.6. The maximum absolute atomic E-state index is 12.0. The second kappa shape index (κ2) is 9.33. The summed E-state index contributed by atoms with van der Waals surface area (Å²) >= 11 is 5.81. The summed E-state index contributed by atoms with van der Waals surface area (Å²) in [5, 5.41) is 6.55.